The van der Waals surface area contributed by atoms with Crippen LogP contribution in [0.15, 0.2) is 36.4 Å². The summed E-state index contributed by atoms with van der Waals surface area (Å²) in [5, 5.41) is 0. The summed E-state index contributed by atoms with van der Waals surface area (Å²) >= 11 is 0. The molecule has 0 aliphatic carbocycles. The molecular formula is C18H23NO3. The normalized spacial score (nSPS) is 11.9. The van der Waals surface area contributed by atoms with E-state index in [9.17, 15) is 0 Å². The maximum Gasteiger partial charge on any atom is 0.164 e. The van der Waals surface area contributed by atoms with Crippen LogP contribution in [0, 0.1) is 0 Å². The lowest BCUT2D eigenvalue weighted by atomic mass is 10.00. The van der Waals surface area contributed by atoms with Crippen LogP contribution >= 0.6 is 0 Å². The molecule has 2 aromatic carbocycles. The number of benzene rings is 2. The zero-order valence-corrected chi connectivity index (χ0v) is 13.6. The summed E-state index contributed by atoms with van der Waals surface area (Å²) < 4.78 is 16.2. The predicted octanol–water partition coefficient (Wildman–Crippen LogP) is 3.27. The molecule has 0 amide bonds. The summed E-state index contributed by atoms with van der Waals surface area (Å²) in [5.74, 6) is 2.08. The quantitative estimate of drug-likeness (QED) is 0.889. The Morgan fingerprint density at radius 2 is 1.41 bits per heavy atom. The molecule has 0 radical (unpaired) electrons. The Kier molecular flexibility index (Phi) is 5.28. The summed E-state index contributed by atoms with van der Waals surface area (Å²) in [6, 6.07) is 12.2. The minimum absolute atomic E-state index is 0.154. The summed E-state index contributed by atoms with van der Waals surface area (Å²) in [5.41, 5.74) is 9.09. The maximum atomic E-state index is 5.84. The van der Waals surface area contributed by atoms with Gasteiger partial charge in [-0.2, -0.15) is 0 Å². The molecule has 2 N–H and O–H groups in total. The van der Waals surface area contributed by atoms with Crippen LogP contribution in [0.2, 0.25) is 0 Å². The first-order valence-corrected chi connectivity index (χ1v) is 7.24. The van der Waals surface area contributed by atoms with Crippen molar-refractivity contribution < 1.29 is 14.2 Å². The molecule has 1 unspecified atom stereocenters. The van der Waals surface area contributed by atoms with Gasteiger partial charge in [-0.25, -0.2) is 0 Å². The van der Waals surface area contributed by atoms with E-state index in [-0.39, 0.29) is 6.04 Å². The van der Waals surface area contributed by atoms with Crippen LogP contribution in [0.5, 0.6) is 17.2 Å². The zero-order chi connectivity index (χ0) is 16.1. The Morgan fingerprint density at radius 3 is 1.91 bits per heavy atom. The van der Waals surface area contributed by atoms with Gasteiger partial charge in [0.15, 0.2) is 11.5 Å². The molecular weight excluding hydrogens is 278 g/mol. The van der Waals surface area contributed by atoms with Gasteiger partial charge < -0.3 is 19.9 Å². The number of hydrogen-bond acceptors (Lipinski definition) is 4. The molecule has 1 atom stereocenters. The Balaban J connectivity index is 2.42. The van der Waals surface area contributed by atoms with Crippen molar-refractivity contribution in [1.29, 1.82) is 0 Å². The van der Waals surface area contributed by atoms with E-state index in [0.29, 0.717) is 11.5 Å². The van der Waals surface area contributed by atoms with E-state index in [1.165, 1.54) is 5.56 Å². The molecule has 0 spiro atoms. The van der Waals surface area contributed by atoms with Crippen molar-refractivity contribution in [3.05, 3.63) is 42.0 Å². The number of nitrogens with two attached hydrogens (primary N) is 1. The Morgan fingerprint density at radius 1 is 0.864 bits per heavy atom. The fourth-order valence-corrected chi connectivity index (χ4v) is 2.45. The van der Waals surface area contributed by atoms with E-state index in [4.69, 9.17) is 19.9 Å². The van der Waals surface area contributed by atoms with E-state index < -0.39 is 0 Å². The summed E-state index contributed by atoms with van der Waals surface area (Å²) in [6.45, 7) is 2.01. The molecule has 2 rings (SSSR count). The fourth-order valence-electron chi connectivity index (χ4n) is 2.45. The highest BCUT2D eigenvalue weighted by atomic mass is 16.5. The molecule has 0 bridgehead atoms. The second-order valence-corrected chi connectivity index (χ2v) is 5.29. The van der Waals surface area contributed by atoms with Crippen LogP contribution in [0.4, 0.5) is 0 Å². The predicted molar refractivity (Wildman–Crippen MR) is 88.9 cm³/mol. The van der Waals surface area contributed by atoms with Gasteiger partial charge in [0.25, 0.3) is 0 Å². The number of rotatable bonds is 6. The van der Waals surface area contributed by atoms with Gasteiger partial charge in [-0.1, -0.05) is 24.3 Å². The summed E-state index contributed by atoms with van der Waals surface area (Å²) in [7, 11) is 4.88. The van der Waals surface area contributed by atoms with E-state index >= 15 is 0 Å². The smallest absolute Gasteiger partial charge is 0.164 e. The zero-order valence-electron chi connectivity index (χ0n) is 13.6. The van der Waals surface area contributed by atoms with Crippen molar-refractivity contribution in [2.24, 2.45) is 5.73 Å². The van der Waals surface area contributed by atoms with Crippen LogP contribution in [0.1, 0.15) is 12.5 Å². The molecule has 0 aliphatic rings. The second-order valence-electron chi connectivity index (χ2n) is 5.29. The van der Waals surface area contributed by atoms with Crippen LogP contribution in [-0.4, -0.2) is 27.4 Å². The van der Waals surface area contributed by atoms with E-state index in [0.717, 1.165) is 23.3 Å². The van der Waals surface area contributed by atoms with Crippen molar-refractivity contribution in [2.45, 2.75) is 19.4 Å². The van der Waals surface area contributed by atoms with Gasteiger partial charge in [0, 0.05) is 17.7 Å². The lowest BCUT2D eigenvalue weighted by Crippen LogP contribution is -2.17. The molecule has 0 aliphatic heterocycles. The maximum absolute atomic E-state index is 5.84. The van der Waals surface area contributed by atoms with Gasteiger partial charge in [0.1, 0.15) is 5.75 Å². The number of methoxy groups -OCH3 is 3. The molecule has 118 valence electrons. The SMILES string of the molecule is COc1cc(OC)c(-c2ccc(CC(C)N)cc2)cc1OC. The molecule has 4 nitrogen and oxygen atoms in total. The van der Waals surface area contributed by atoms with Crippen molar-refractivity contribution in [3.63, 3.8) is 0 Å². The van der Waals surface area contributed by atoms with Gasteiger partial charge in [-0.3, -0.25) is 0 Å². The Bertz CT molecular complexity index is 621. The van der Waals surface area contributed by atoms with E-state index in [2.05, 4.69) is 24.3 Å². The average molecular weight is 301 g/mol. The largest absolute Gasteiger partial charge is 0.496 e. The summed E-state index contributed by atoms with van der Waals surface area (Å²) in [4.78, 5) is 0. The van der Waals surface area contributed by atoms with Crippen LogP contribution < -0.4 is 19.9 Å². The van der Waals surface area contributed by atoms with Crippen LogP contribution in [0.25, 0.3) is 11.1 Å². The molecule has 0 heterocycles. The number of hydrogen-bond donors (Lipinski definition) is 1. The highest BCUT2D eigenvalue weighted by Gasteiger charge is 2.13. The monoisotopic (exact) mass is 301 g/mol. The minimum Gasteiger partial charge on any atom is -0.496 e. The molecule has 0 saturated heterocycles. The van der Waals surface area contributed by atoms with Crippen molar-refractivity contribution in [2.75, 3.05) is 21.3 Å². The topological polar surface area (TPSA) is 53.7 Å². The van der Waals surface area contributed by atoms with Gasteiger partial charge in [0.05, 0.1) is 21.3 Å². The molecule has 4 heteroatoms. The van der Waals surface area contributed by atoms with Gasteiger partial charge >= 0.3 is 0 Å². The average Bonchev–Trinajstić information content (AvgIpc) is 2.53. The minimum atomic E-state index is 0.154. The molecule has 0 fully saturated rings. The van der Waals surface area contributed by atoms with Crippen LogP contribution in [0.3, 0.4) is 0 Å². The molecule has 0 saturated carbocycles. The fraction of sp³-hybridized carbons (Fsp3) is 0.333. The lowest BCUT2D eigenvalue weighted by molar-refractivity contribution is 0.349. The van der Waals surface area contributed by atoms with Gasteiger partial charge in [-0.15, -0.1) is 0 Å². The second kappa shape index (κ2) is 7.18. The van der Waals surface area contributed by atoms with Crippen LogP contribution in [-0.2, 0) is 6.42 Å². The third kappa shape index (κ3) is 3.52. The van der Waals surface area contributed by atoms with E-state index in [1.807, 2.05) is 19.1 Å². The first-order valence-electron chi connectivity index (χ1n) is 7.24. The third-order valence-electron chi connectivity index (χ3n) is 3.53. The Labute approximate surface area is 131 Å². The molecule has 2 aromatic rings. The van der Waals surface area contributed by atoms with Gasteiger partial charge in [-0.05, 0) is 30.5 Å². The first kappa shape index (κ1) is 16.2. The van der Waals surface area contributed by atoms with Crippen molar-refractivity contribution >= 4 is 0 Å². The number of ether oxygens (including phenoxy) is 3. The van der Waals surface area contributed by atoms with E-state index in [1.54, 1.807) is 21.3 Å². The molecule has 0 aromatic heterocycles. The van der Waals surface area contributed by atoms with Crippen molar-refractivity contribution in [1.82, 2.24) is 0 Å². The Hall–Kier alpha value is -2.20. The summed E-state index contributed by atoms with van der Waals surface area (Å²) in [6.07, 6.45) is 0.864. The van der Waals surface area contributed by atoms with Crippen molar-refractivity contribution in [3.8, 4) is 28.4 Å². The lowest BCUT2D eigenvalue weighted by Gasteiger charge is -2.14. The van der Waals surface area contributed by atoms with Gasteiger partial charge in [0.2, 0.25) is 0 Å². The highest BCUT2D eigenvalue weighted by molar-refractivity contribution is 5.74. The third-order valence-corrected chi connectivity index (χ3v) is 3.53. The first-order chi connectivity index (χ1) is 10.6. The standard InChI is InChI=1S/C18H23NO3/c1-12(19)9-13-5-7-14(8-6-13)15-10-17(21-3)18(22-4)11-16(15)20-2/h5-8,10-12H,9,19H2,1-4H3. The molecule has 22 heavy (non-hydrogen) atoms. The highest BCUT2D eigenvalue weighted by Crippen LogP contribution is 2.40.